The highest BCUT2D eigenvalue weighted by Gasteiger charge is 2.47. The standard InChI is InChI=1S/C29H35Cl2N3O4S.ClH/c1-39(37,38)23-7-2-20(3-8-23)19-34-17-13-29(28(34)36)11-15-33(16-12-29)14-10-26(32-27(35)21-4-5-21)22-6-9-24(30)25(31)18-22;/h2-3,6-9,18,21,26H,4-5,10-17,19H2,1H3,(H,32,35);1H. The molecule has 1 atom stereocenters. The lowest BCUT2D eigenvalue weighted by Crippen LogP contribution is -2.45. The van der Waals surface area contributed by atoms with Crippen LogP contribution in [0.4, 0.5) is 0 Å². The fraction of sp³-hybridized carbons (Fsp3) is 0.517. The van der Waals surface area contributed by atoms with E-state index in [4.69, 9.17) is 23.2 Å². The number of hydrogen-bond acceptors (Lipinski definition) is 5. The molecule has 2 aromatic carbocycles. The number of nitrogens with one attached hydrogen (secondary N) is 1. The first kappa shape index (κ1) is 31.1. The van der Waals surface area contributed by atoms with Crippen molar-refractivity contribution in [2.45, 2.75) is 56.0 Å². The van der Waals surface area contributed by atoms with Crippen LogP contribution >= 0.6 is 35.6 Å². The van der Waals surface area contributed by atoms with E-state index in [0.29, 0.717) is 16.6 Å². The summed E-state index contributed by atoms with van der Waals surface area (Å²) in [6.45, 7) is 3.72. The molecule has 2 saturated heterocycles. The lowest BCUT2D eigenvalue weighted by atomic mass is 9.77. The SMILES string of the molecule is CS(=O)(=O)c1ccc(CN2CCC3(CCN(CCC(NC(=O)C4CC4)c4ccc(Cl)c(Cl)c4)CC3)C2=O)cc1.Cl. The fourth-order valence-corrected chi connectivity index (χ4v) is 6.71. The number of carbonyl (C=O) groups is 2. The van der Waals surface area contributed by atoms with E-state index < -0.39 is 9.84 Å². The number of likely N-dealkylation sites (tertiary alicyclic amines) is 2. The molecule has 218 valence electrons. The molecule has 2 heterocycles. The molecule has 2 amide bonds. The summed E-state index contributed by atoms with van der Waals surface area (Å²) in [5, 5.41) is 4.19. The monoisotopic (exact) mass is 627 g/mol. The number of benzene rings is 2. The minimum absolute atomic E-state index is 0. The van der Waals surface area contributed by atoms with Crippen molar-refractivity contribution < 1.29 is 18.0 Å². The molecule has 3 fully saturated rings. The Morgan fingerprint density at radius 3 is 2.27 bits per heavy atom. The molecule has 1 N–H and O–H groups in total. The van der Waals surface area contributed by atoms with Gasteiger partial charge in [0.15, 0.2) is 9.84 Å². The van der Waals surface area contributed by atoms with Crippen LogP contribution in [0, 0.1) is 11.3 Å². The second-order valence-electron chi connectivity index (χ2n) is 11.3. The quantitative estimate of drug-likeness (QED) is 0.408. The first-order valence-electron chi connectivity index (χ1n) is 13.6. The Hall–Kier alpha value is -1.84. The summed E-state index contributed by atoms with van der Waals surface area (Å²) >= 11 is 12.4. The molecule has 0 aromatic heterocycles. The molecule has 40 heavy (non-hydrogen) atoms. The fourth-order valence-electron chi connectivity index (χ4n) is 5.77. The zero-order valence-electron chi connectivity index (χ0n) is 22.6. The minimum Gasteiger partial charge on any atom is -0.349 e. The van der Waals surface area contributed by atoms with Crippen LogP contribution in [0.1, 0.15) is 55.7 Å². The average Bonchev–Trinajstić information content (AvgIpc) is 3.72. The normalized spacial score (nSPS) is 19.9. The predicted octanol–water partition coefficient (Wildman–Crippen LogP) is 5.29. The number of rotatable bonds is 9. The van der Waals surface area contributed by atoms with Crippen LogP contribution in [0.25, 0.3) is 0 Å². The van der Waals surface area contributed by atoms with Crippen LogP contribution < -0.4 is 5.32 Å². The Kier molecular flexibility index (Phi) is 9.78. The highest BCUT2D eigenvalue weighted by molar-refractivity contribution is 7.90. The van der Waals surface area contributed by atoms with Gasteiger partial charge >= 0.3 is 0 Å². The summed E-state index contributed by atoms with van der Waals surface area (Å²) in [4.78, 5) is 30.6. The summed E-state index contributed by atoms with van der Waals surface area (Å²) in [7, 11) is -3.24. The Labute approximate surface area is 252 Å². The summed E-state index contributed by atoms with van der Waals surface area (Å²) in [5.74, 6) is 0.435. The molecule has 2 aromatic rings. The molecule has 5 rings (SSSR count). The van der Waals surface area contributed by atoms with Gasteiger partial charge in [0, 0.05) is 31.8 Å². The van der Waals surface area contributed by atoms with Gasteiger partial charge in [0.2, 0.25) is 11.8 Å². The molecular formula is C29H36Cl3N3O4S. The number of sulfone groups is 1. The second-order valence-corrected chi connectivity index (χ2v) is 14.1. The molecular weight excluding hydrogens is 593 g/mol. The largest absolute Gasteiger partial charge is 0.349 e. The lowest BCUT2D eigenvalue weighted by molar-refractivity contribution is -0.139. The Bertz CT molecular complexity index is 1340. The molecule has 3 aliphatic rings. The van der Waals surface area contributed by atoms with E-state index in [0.717, 1.165) is 75.8 Å². The average molecular weight is 629 g/mol. The molecule has 7 nitrogen and oxygen atoms in total. The molecule has 11 heteroatoms. The van der Waals surface area contributed by atoms with Gasteiger partial charge in [0.05, 0.1) is 26.4 Å². The van der Waals surface area contributed by atoms with Crippen LogP contribution in [0.2, 0.25) is 10.0 Å². The van der Waals surface area contributed by atoms with Gasteiger partial charge in [-0.15, -0.1) is 12.4 Å². The number of nitrogens with zero attached hydrogens (tertiary/aromatic N) is 2. The third-order valence-corrected chi connectivity index (χ3v) is 10.4. The first-order valence-corrected chi connectivity index (χ1v) is 16.2. The van der Waals surface area contributed by atoms with Crippen LogP contribution in [-0.4, -0.2) is 62.5 Å². The van der Waals surface area contributed by atoms with Gasteiger partial charge in [0.1, 0.15) is 0 Å². The number of hydrogen-bond donors (Lipinski definition) is 1. The third-order valence-electron chi connectivity index (χ3n) is 8.48. The molecule has 1 saturated carbocycles. The Morgan fingerprint density at radius 1 is 1.02 bits per heavy atom. The van der Waals surface area contributed by atoms with Crippen molar-refractivity contribution in [1.82, 2.24) is 15.1 Å². The maximum absolute atomic E-state index is 13.5. The predicted molar refractivity (Wildman–Crippen MR) is 160 cm³/mol. The van der Waals surface area contributed by atoms with Crippen LogP contribution in [-0.2, 0) is 26.0 Å². The molecule has 1 aliphatic carbocycles. The topological polar surface area (TPSA) is 86.8 Å². The second kappa shape index (κ2) is 12.6. The van der Waals surface area contributed by atoms with E-state index in [1.54, 1.807) is 30.3 Å². The van der Waals surface area contributed by atoms with Gasteiger partial charge < -0.3 is 15.1 Å². The molecule has 1 unspecified atom stereocenters. The molecule has 1 spiro atoms. The summed E-state index contributed by atoms with van der Waals surface area (Å²) in [6, 6.07) is 12.2. The van der Waals surface area contributed by atoms with Gasteiger partial charge in [0.25, 0.3) is 0 Å². The van der Waals surface area contributed by atoms with Crippen molar-refractivity contribution in [2.75, 3.05) is 32.4 Å². The molecule has 2 aliphatic heterocycles. The lowest BCUT2D eigenvalue weighted by Gasteiger charge is -2.38. The van der Waals surface area contributed by atoms with Gasteiger partial charge in [-0.25, -0.2) is 8.42 Å². The maximum atomic E-state index is 13.5. The van der Waals surface area contributed by atoms with Crippen molar-refractivity contribution in [3.05, 3.63) is 63.6 Å². The van der Waals surface area contributed by atoms with Gasteiger partial charge in [-0.3, -0.25) is 9.59 Å². The van der Waals surface area contributed by atoms with Crippen molar-refractivity contribution in [2.24, 2.45) is 11.3 Å². The first-order chi connectivity index (χ1) is 18.5. The number of amides is 2. The van der Waals surface area contributed by atoms with E-state index in [9.17, 15) is 18.0 Å². The van der Waals surface area contributed by atoms with Crippen molar-refractivity contribution in [3.63, 3.8) is 0 Å². The third kappa shape index (κ3) is 7.13. The van der Waals surface area contributed by atoms with Crippen molar-refractivity contribution in [1.29, 1.82) is 0 Å². The van der Waals surface area contributed by atoms with E-state index in [-0.39, 0.29) is 46.5 Å². The van der Waals surface area contributed by atoms with Crippen molar-refractivity contribution in [3.8, 4) is 0 Å². The molecule has 0 bridgehead atoms. The minimum atomic E-state index is -3.24. The smallest absolute Gasteiger partial charge is 0.229 e. The Balaban J connectivity index is 0.00000370. The van der Waals surface area contributed by atoms with Crippen LogP contribution in [0.15, 0.2) is 47.4 Å². The van der Waals surface area contributed by atoms with Crippen LogP contribution in [0.3, 0.4) is 0 Å². The zero-order chi connectivity index (χ0) is 27.8. The summed E-state index contributed by atoms with van der Waals surface area (Å²) in [6.07, 6.45) is 6.34. The maximum Gasteiger partial charge on any atom is 0.229 e. The summed E-state index contributed by atoms with van der Waals surface area (Å²) < 4.78 is 23.5. The zero-order valence-corrected chi connectivity index (χ0v) is 25.7. The van der Waals surface area contributed by atoms with Crippen molar-refractivity contribution >= 4 is 57.3 Å². The highest BCUT2D eigenvalue weighted by atomic mass is 35.5. The van der Waals surface area contributed by atoms with E-state index >= 15 is 0 Å². The van der Waals surface area contributed by atoms with E-state index in [2.05, 4.69) is 10.2 Å². The number of halogens is 3. The van der Waals surface area contributed by atoms with E-state index in [1.165, 1.54) is 6.26 Å². The summed E-state index contributed by atoms with van der Waals surface area (Å²) in [5.41, 5.74) is 1.58. The molecule has 0 radical (unpaired) electrons. The van der Waals surface area contributed by atoms with Gasteiger partial charge in [-0.1, -0.05) is 41.4 Å². The van der Waals surface area contributed by atoms with Gasteiger partial charge in [-0.2, -0.15) is 0 Å². The Morgan fingerprint density at radius 2 is 1.68 bits per heavy atom. The number of carbonyl (C=O) groups excluding carboxylic acids is 2. The van der Waals surface area contributed by atoms with Gasteiger partial charge in [-0.05, 0) is 87.0 Å². The number of piperidine rings is 1. The van der Waals surface area contributed by atoms with E-state index in [1.807, 2.05) is 17.0 Å². The van der Waals surface area contributed by atoms with Crippen LogP contribution in [0.5, 0.6) is 0 Å². The highest BCUT2D eigenvalue weighted by Crippen LogP contribution is 2.42.